The minimum absolute atomic E-state index is 0.197. The minimum atomic E-state index is -0.774. The highest BCUT2D eigenvalue weighted by molar-refractivity contribution is 7.98. The van der Waals surface area contributed by atoms with Crippen LogP contribution in [-0.2, 0) is 15.3 Å². The van der Waals surface area contributed by atoms with E-state index in [2.05, 4.69) is 20.7 Å². The molecule has 2 heterocycles. The van der Waals surface area contributed by atoms with Crippen LogP contribution in [0.4, 0.5) is 16.0 Å². The normalized spacial score (nSPS) is 14.3. The second-order valence-electron chi connectivity index (χ2n) is 9.14. The Labute approximate surface area is 260 Å². The molecule has 1 aromatic heterocycles. The number of nitrogens with zero attached hydrogens (tertiary/aromatic N) is 3. The Morgan fingerprint density at radius 1 is 1.10 bits per heavy atom. The summed E-state index contributed by atoms with van der Waals surface area (Å²) < 4.78 is 20.9. The first-order valence-electron chi connectivity index (χ1n) is 12.7. The quantitative estimate of drug-likeness (QED) is 0.149. The molecule has 8 nitrogen and oxygen atoms in total. The number of halogens is 4. The molecule has 0 aliphatic carbocycles. The van der Waals surface area contributed by atoms with Crippen LogP contribution in [0.5, 0.6) is 0 Å². The van der Waals surface area contributed by atoms with Crippen molar-refractivity contribution in [2.45, 2.75) is 30.8 Å². The summed E-state index contributed by atoms with van der Waals surface area (Å²) in [6.07, 6.45) is 0. The molecule has 1 amide bonds. The van der Waals surface area contributed by atoms with E-state index in [-0.39, 0.29) is 12.4 Å². The molecule has 0 bridgehead atoms. The number of hydrogen-bond donors (Lipinski definition) is 2. The van der Waals surface area contributed by atoms with Crippen molar-refractivity contribution in [3.63, 3.8) is 0 Å². The molecule has 1 atom stereocenters. The molecule has 5 rings (SSSR count). The molecular formula is C29H23Cl3FN5O3S. The fourth-order valence-corrected chi connectivity index (χ4v) is 6.09. The van der Waals surface area contributed by atoms with Crippen LogP contribution in [0.25, 0.3) is 0 Å². The van der Waals surface area contributed by atoms with E-state index in [4.69, 9.17) is 39.5 Å². The van der Waals surface area contributed by atoms with Gasteiger partial charge in [0.25, 0.3) is 5.91 Å². The van der Waals surface area contributed by atoms with Gasteiger partial charge in [0.2, 0.25) is 11.1 Å². The smallest absolute Gasteiger partial charge is 0.338 e. The highest BCUT2D eigenvalue weighted by atomic mass is 35.5. The Kier molecular flexibility index (Phi) is 9.08. The Morgan fingerprint density at radius 2 is 1.86 bits per heavy atom. The number of allylic oxidation sites excluding steroid dienone is 1. The van der Waals surface area contributed by atoms with Crippen LogP contribution in [0.15, 0.2) is 77.1 Å². The number of carbonyl (C=O) groups excluding carboxylic acids is 2. The Morgan fingerprint density at radius 3 is 2.55 bits per heavy atom. The third-order valence-corrected chi connectivity index (χ3v) is 8.18. The monoisotopic (exact) mass is 645 g/mol. The van der Waals surface area contributed by atoms with E-state index >= 15 is 0 Å². The largest absolute Gasteiger partial charge is 0.462 e. The van der Waals surface area contributed by atoms with E-state index in [0.717, 1.165) is 0 Å². The molecule has 13 heteroatoms. The number of rotatable bonds is 8. The zero-order valence-electron chi connectivity index (χ0n) is 22.3. The highest BCUT2D eigenvalue weighted by Gasteiger charge is 2.35. The number of thioether (sulfide) groups is 1. The average molecular weight is 647 g/mol. The first-order chi connectivity index (χ1) is 20.2. The van der Waals surface area contributed by atoms with Gasteiger partial charge in [0.1, 0.15) is 11.9 Å². The number of esters is 1. The number of fused-ring (bicyclic) bond motifs is 1. The Bertz CT molecular complexity index is 1690. The molecule has 4 aromatic rings. The van der Waals surface area contributed by atoms with Crippen LogP contribution < -0.4 is 10.6 Å². The summed E-state index contributed by atoms with van der Waals surface area (Å²) in [7, 11) is 0. The van der Waals surface area contributed by atoms with Crippen molar-refractivity contribution < 1.29 is 18.7 Å². The lowest BCUT2D eigenvalue weighted by atomic mass is 9.95. The molecule has 0 fully saturated rings. The van der Waals surface area contributed by atoms with Crippen molar-refractivity contribution >= 4 is 70.1 Å². The highest BCUT2D eigenvalue weighted by Crippen LogP contribution is 2.40. The van der Waals surface area contributed by atoms with Crippen LogP contribution in [-0.4, -0.2) is 33.2 Å². The number of ether oxygens (including phenoxy) is 1. The van der Waals surface area contributed by atoms with Gasteiger partial charge in [-0.15, -0.1) is 5.10 Å². The lowest BCUT2D eigenvalue weighted by Crippen LogP contribution is -2.31. The number of carbonyl (C=O) groups is 2. The van der Waals surface area contributed by atoms with Crippen molar-refractivity contribution in [2.24, 2.45) is 0 Å². The summed E-state index contributed by atoms with van der Waals surface area (Å²) in [5.41, 5.74) is 2.61. The van der Waals surface area contributed by atoms with Gasteiger partial charge in [0.05, 0.1) is 17.7 Å². The van der Waals surface area contributed by atoms with Crippen molar-refractivity contribution in [3.05, 3.63) is 110 Å². The van der Waals surface area contributed by atoms with Crippen molar-refractivity contribution in [1.82, 2.24) is 14.8 Å². The lowest BCUT2D eigenvalue weighted by molar-refractivity contribution is -0.113. The van der Waals surface area contributed by atoms with E-state index in [1.165, 1.54) is 17.8 Å². The van der Waals surface area contributed by atoms with Crippen LogP contribution in [0.2, 0.25) is 15.1 Å². The van der Waals surface area contributed by atoms with Gasteiger partial charge >= 0.3 is 5.97 Å². The van der Waals surface area contributed by atoms with Crippen molar-refractivity contribution in [2.75, 3.05) is 17.2 Å². The first-order valence-corrected chi connectivity index (χ1v) is 14.8. The molecule has 2 N–H and O–H groups in total. The number of nitrogens with one attached hydrogen (secondary N) is 2. The molecule has 0 saturated heterocycles. The van der Waals surface area contributed by atoms with Crippen LogP contribution >= 0.6 is 46.6 Å². The number of aromatic nitrogens is 3. The average Bonchev–Trinajstić information content (AvgIpc) is 3.35. The number of anilines is 2. The van der Waals surface area contributed by atoms with Gasteiger partial charge in [-0.2, -0.15) is 4.98 Å². The molecule has 1 aliphatic heterocycles. The van der Waals surface area contributed by atoms with Crippen LogP contribution in [0, 0.1) is 5.82 Å². The van der Waals surface area contributed by atoms with Crippen LogP contribution in [0.1, 0.15) is 41.4 Å². The first kappa shape index (κ1) is 29.9. The molecule has 0 radical (unpaired) electrons. The van der Waals surface area contributed by atoms with Gasteiger partial charge in [-0.05, 0) is 62.4 Å². The van der Waals surface area contributed by atoms with E-state index in [0.29, 0.717) is 59.8 Å². The van der Waals surface area contributed by atoms with Gasteiger partial charge in [-0.25, -0.2) is 13.9 Å². The number of benzene rings is 3. The second kappa shape index (κ2) is 12.7. The fraction of sp³-hybridized carbons (Fsp3) is 0.172. The third kappa shape index (κ3) is 6.27. The van der Waals surface area contributed by atoms with Crippen molar-refractivity contribution in [1.29, 1.82) is 0 Å². The molecule has 42 heavy (non-hydrogen) atoms. The maximum Gasteiger partial charge on any atom is 0.338 e. The SMILES string of the molecule is CCOC(=O)c1ccc(NC(=O)C2=C(C)Nc3nc(SCc4c(F)cccc4Cl)nn3C2c2ccc(Cl)cc2Cl)cc1. The zero-order chi connectivity index (χ0) is 30.0. The lowest BCUT2D eigenvalue weighted by Gasteiger charge is -2.29. The fourth-order valence-electron chi connectivity index (χ4n) is 4.41. The summed E-state index contributed by atoms with van der Waals surface area (Å²) in [6, 6.07) is 15.1. The Balaban J connectivity index is 1.47. The van der Waals surface area contributed by atoms with Gasteiger partial charge in [0.15, 0.2) is 0 Å². The van der Waals surface area contributed by atoms with E-state index in [1.54, 1.807) is 73.1 Å². The molecule has 3 aromatic carbocycles. The summed E-state index contributed by atoms with van der Waals surface area (Å²) >= 11 is 20.2. The summed E-state index contributed by atoms with van der Waals surface area (Å²) in [5.74, 6) is -0.723. The van der Waals surface area contributed by atoms with E-state index in [1.807, 2.05) is 0 Å². The second-order valence-corrected chi connectivity index (χ2v) is 11.3. The maximum absolute atomic E-state index is 14.4. The maximum atomic E-state index is 14.4. The summed E-state index contributed by atoms with van der Waals surface area (Å²) in [5, 5.41) is 12.1. The molecule has 0 spiro atoms. The third-order valence-electron chi connectivity index (χ3n) is 6.40. The molecule has 1 aliphatic rings. The standard InChI is InChI=1S/C29H23Cl3FN5O3S/c1-3-41-27(40)16-7-10-18(11-8-16)35-26(39)24-15(2)34-28-36-29(42-14-20-21(31)5-4-6-23(20)33)37-38(28)25(24)19-12-9-17(30)13-22(19)32/h4-13,25H,3,14H2,1-2H3,(H,35,39)(H,34,36,37). The molecule has 0 saturated carbocycles. The van der Waals surface area contributed by atoms with E-state index < -0.39 is 23.7 Å². The minimum Gasteiger partial charge on any atom is -0.462 e. The summed E-state index contributed by atoms with van der Waals surface area (Å²) in [4.78, 5) is 30.4. The zero-order valence-corrected chi connectivity index (χ0v) is 25.3. The molecule has 216 valence electrons. The molecule has 1 unspecified atom stereocenters. The predicted octanol–water partition coefficient (Wildman–Crippen LogP) is 7.77. The predicted molar refractivity (Wildman–Crippen MR) is 163 cm³/mol. The van der Waals surface area contributed by atoms with Gasteiger partial charge < -0.3 is 15.4 Å². The van der Waals surface area contributed by atoms with Gasteiger partial charge in [-0.1, -0.05) is 58.7 Å². The summed E-state index contributed by atoms with van der Waals surface area (Å²) in [6.45, 7) is 3.73. The van der Waals surface area contributed by atoms with Crippen LogP contribution in [0.3, 0.4) is 0 Å². The molecular weight excluding hydrogens is 624 g/mol. The Hall–Kier alpha value is -3.57. The van der Waals surface area contributed by atoms with Gasteiger partial charge in [-0.3, -0.25) is 4.79 Å². The van der Waals surface area contributed by atoms with E-state index in [9.17, 15) is 14.0 Å². The number of hydrogen-bond acceptors (Lipinski definition) is 7. The number of amides is 1. The van der Waals surface area contributed by atoms with Crippen molar-refractivity contribution in [3.8, 4) is 0 Å². The topological polar surface area (TPSA) is 98.1 Å². The van der Waals surface area contributed by atoms with Gasteiger partial charge in [0, 0.05) is 43.3 Å².